The van der Waals surface area contributed by atoms with Crippen LogP contribution >= 0.6 is 11.8 Å². The third-order valence-corrected chi connectivity index (χ3v) is 4.23. The molecule has 0 spiro atoms. The molecule has 0 aliphatic rings. The monoisotopic (exact) mass is 334 g/mol. The van der Waals surface area contributed by atoms with E-state index < -0.39 is 0 Å². The van der Waals surface area contributed by atoms with E-state index in [4.69, 9.17) is 9.26 Å². The fourth-order valence-electron chi connectivity index (χ4n) is 2.03. The number of nitrogens with zero attached hydrogens (tertiary/aromatic N) is 1. The van der Waals surface area contributed by atoms with E-state index in [0.29, 0.717) is 31.1 Å². The molecule has 0 aliphatic carbocycles. The van der Waals surface area contributed by atoms with Crippen LogP contribution in [0, 0.1) is 6.92 Å². The van der Waals surface area contributed by atoms with E-state index in [9.17, 15) is 4.79 Å². The Balaban J connectivity index is 1.89. The predicted molar refractivity (Wildman–Crippen MR) is 90.7 cm³/mol. The average molecular weight is 334 g/mol. The largest absolute Gasteiger partial charge is 0.382 e. The Hall–Kier alpha value is -1.79. The molecule has 0 aliphatic heterocycles. The number of hydrogen-bond donors (Lipinski definition) is 1. The zero-order valence-corrected chi connectivity index (χ0v) is 14.3. The molecule has 1 amide bonds. The normalized spacial score (nSPS) is 10.7. The molecule has 1 aromatic carbocycles. The Morgan fingerprint density at radius 1 is 1.39 bits per heavy atom. The van der Waals surface area contributed by atoms with Gasteiger partial charge in [0, 0.05) is 30.7 Å². The van der Waals surface area contributed by atoms with Gasteiger partial charge in [0.15, 0.2) is 0 Å². The first-order valence-corrected chi connectivity index (χ1v) is 8.69. The van der Waals surface area contributed by atoms with Crippen LogP contribution in [0.15, 0.2) is 39.8 Å². The Labute approximate surface area is 140 Å². The third kappa shape index (κ3) is 5.73. The Morgan fingerprint density at radius 2 is 2.22 bits per heavy atom. The maximum Gasteiger partial charge on any atom is 0.252 e. The summed E-state index contributed by atoms with van der Waals surface area (Å²) < 4.78 is 10.5. The maximum atomic E-state index is 12.3. The fourth-order valence-corrected chi connectivity index (χ4v) is 2.95. The van der Waals surface area contributed by atoms with Gasteiger partial charge >= 0.3 is 0 Å². The highest BCUT2D eigenvalue weighted by atomic mass is 32.2. The molecule has 6 heteroatoms. The number of aryl methyl sites for hydroxylation is 1. The Morgan fingerprint density at radius 3 is 2.96 bits per heavy atom. The van der Waals surface area contributed by atoms with Crippen molar-refractivity contribution in [1.82, 2.24) is 10.5 Å². The number of hydrogen-bond acceptors (Lipinski definition) is 5. The number of amides is 1. The molecule has 0 radical (unpaired) electrons. The van der Waals surface area contributed by atoms with E-state index in [-0.39, 0.29) is 5.91 Å². The second kappa shape index (κ2) is 9.37. The van der Waals surface area contributed by atoms with Crippen molar-refractivity contribution in [3.05, 3.63) is 47.3 Å². The number of carbonyl (C=O) groups excluding carboxylic acids is 1. The van der Waals surface area contributed by atoms with Crippen molar-refractivity contribution in [2.75, 3.05) is 19.8 Å². The first kappa shape index (κ1) is 17.6. The molecule has 0 bridgehead atoms. The van der Waals surface area contributed by atoms with Gasteiger partial charge in [-0.05, 0) is 32.4 Å². The maximum absolute atomic E-state index is 12.3. The summed E-state index contributed by atoms with van der Waals surface area (Å²) in [6.07, 6.45) is 0.812. The van der Waals surface area contributed by atoms with Crippen LogP contribution in [0.25, 0.3) is 0 Å². The molecule has 0 atom stereocenters. The van der Waals surface area contributed by atoms with Crippen LogP contribution in [-0.4, -0.2) is 30.8 Å². The summed E-state index contributed by atoms with van der Waals surface area (Å²) >= 11 is 1.57. The van der Waals surface area contributed by atoms with E-state index in [0.717, 1.165) is 22.8 Å². The van der Waals surface area contributed by atoms with Gasteiger partial charge in [0.2, 0.25) is 0 Å². The molecule has 0 fully saturated rings. The lowest BCUT2D eigenvalue weighted by Crippen LogP contribution is -2.25. The number of ether oxygens (including phenoxy) is 1. The Bertz CT molecular complexity index is 628. The summed E-state index contributed by atoms with van der Waals surface area (Å²) in [5.41, 5.74) is 1.55. The summed E-state index contributed by atoms with van der Waals surface area (Å²) in [7, 11) is 0. The molecule has 23 heavy (non-hydrogen) atoms. The van der Waals surface area contributed by atoms with Crippen molar-refractivity contribution in [2.45, 2.75) is 30.9 Å². The summed E-state index contributed by atoms with van der Waals surface area (Å²) in [5.74, 6) is 1.40. The lowest BCUT2D eigenvalue weighted by molar-refractivity contribution is 0.0941. The Kier molecular flexibility index (Phi) is 7.16. The SMILES string of the molecule is CCOCCCNC(=O)c1ccccc1SCc1cc(C)no1. The summed E-state index contributed by atoms with van der Waals surface area (Å²) in [6, 6.07) is 9.50. The second-order valence-electron chi connectivity index (χ2n) is 5.03. The molecule has 1 heterocycles. The summed E-state index contributed by atoms with van der Waals surface area (Å²) in [5, 5.41) is 6.80. The predicted octanol–water partition coefficient (Wildman–Crippen LogP) is 3.43. The van der Waals surface area contributed by atoms with E-state index in [1.807, 2.05) is 44.2 Å². The van der Waals surface area contributed by atoms with Gasteiger partial charge in [0.1, 0.15) is 5.76 Å². The number of aromatic nitrogens is 1. The first-order valence-electron chi connectivity index (χ1n) is 7.70. The quantitative estimate of drug-likeness (QED) is 0.562. The van der Waals surface area contributed by atoms with E-state index >= 15 is 0 Å². The fraction of sp³-hybridized carbons (Fsp3) is 0.412. The molecule has 1 aromatic heterocycles. The molecule has 2 rings (SSSR count). The lowest BCUT2D eigenvalue weighted by Gasteiger charge is -2.09. The van der Waals surface area contributed by atoms with Crippen LogP contribution in [0.3, 0.4) is 0 Å². The minimum Gasteiger partial charge on any atom is -0.382 e. The second-order valence-corrected chi connectivity index (χ2v) is 6.04. The van der Waals surface area contributed by atoms with Gasteiger partial charge in [-0.2, -0.15) is 0 Å². The number of nitrogens with one attached hydrogen (secondary N) is 1. The highest BCUT2D eigenvalue weighted by Crippen LogP contribution is 2.26. The zero-order valence-electron chi connectivity index (χ0n) is 13.5. The minimum absolute atomic E-state index is 0.0571. The molecule has 2 aromatic rings. The van der Waals surface area contributed by atoms with E-state index in [1.54, 1.807) is 11.8 Å². The van der Waals surface area contributed by atoms with Crippen LogP contribution in [0.4, 0.5) is 0 Å². The standard InChI is InChI=1S/C17H22N2O3S/c1-3-21-10-6-9-18-17(20)15-7-4-5-8-16(15)23-12-14-11-13(2)19-22-14/h4-5,7-8,11H,3,6,9-10,12H2,1-2H3,(H,18,20). The van der Waals surface area contributed by atoms with Crippen molar-refractivity contribution >= 4 is 17.7 Å². The highest BCUT2D eigenvalue weighted by molar-refractivity contribution is 7.98. The molecular weight excluding hydrogens is 312 g/mol. The van der Waals surface area contributed by atoms with Gasteiger partial charge in [-0.15, -0.1) is 11.8 Å². The van der Waals surface area contributed by atoms with Crippen LogP contribution in [0.1, 0.15) is 35.2 Å². The van der Waals surface area contributed by atoms with Crippen molar-refractivity contribution < 1.29 is 14.1 Å². The number of rotatable bonds is 9. The zero-order chi connectivity index (χ0) is 16.5. The first-order chi connectivity index (χ1) is 11.2. The minimum atomic E-state index is -0.0571. The van der Waals surface area contributed by atoms with Crippen LogP contribution in [0.2, 0.25) is 0 Å². The molecule has 124 valence electrons. The van der Waals surface area contributed by atoms with Crippen LogP contribution in [0.5, 0.6) is 0 Å². The van der Waals surface area contributed by atoms with Crippen molar-refractivity contribution in [1.29, 1.82) is 0 Å². The van der Waals surface area contributed by atoms with Crippen LogP contribution in [-0.2, 0) is 10.5 Å². The van der Waals surface area contributed by atoms with Gasteiger partial charge in [0.05, 0.1) is 17.0 Å². The molecule has 0 saturated carbocycles. The van der Waals surface area contributed by atoms with E-state index in [2.05, 4.69) is 10.5 Å². The molecule has 5 nitrogen and oxygen atoms in total. The van der Waals surface area contributed by atoms with E-state index in [1.165, 1.54) is 0 Å². The molecule has 1 N–H and O–H groups in total. The van der Waals surface area contributed by atoms with Crippen molar-refractivity contribution in [2.24, 2.45) is 0 Å². The van der Waals surface area contributed by atoms with Gasteiger partial charge in [-0.3, -0.25) is 4.79 Å². The third-order valence-electron chi connectivity index (χ3n) is 3.13. The number of carbonyl (C=O) groups is 1. The van der Waals surface area contributed by atoms with Crippen molar-refractivity contribution in [3.63, 3.8) is 0 Å². The molecule has 0 unspecified atom stereocenters. The lowest BCUT2D eigenvalue weighted by atomic mass is 10.2. The molecular formula is C17H22N2O3S. The van der Waals surface area contributed by atoms with Crippen molar-refractivity contribution in [3.8, 4) is 0 Å². The van der Waals surface area contributed by atoms with Gasteiger partial charge in [0.25, 0.3) is 5.91 Å². The molecule has 0 saturated heterocycles. The average Bonchev–Trinajstić information content (AvgIpc) is 2.98. The van der Waals surface area contributed by atoms with Crippen LogP contribution < -0.4 is 5.32 Å². The summed E-state index contributed by atoms with van der Waals surface area (Å²) in [6.45, 7) is 5.83. The van der Waals surface area contributed by atoms with Gasteiger partial charge in [-0.25, -0.2) is 0 Å². The summed E-state index contributed by atoms with van der Waals surface area (Å²) in [4.78, 5) is 13.2. The number of benzene rings is 1. The smallest absolute Gasteiger partial charge is 0.252 e. The number of thioether (sulfide) groups is 1. The van der Waals surface area contributed by atoms with Gasteiger partial charge < -0.3 is 14.6 Å². The highest BCUT2D eigenvalue weighted by Gasteiger charge is 2.12. The topological polar surface area (TPSA) is 64.4 Å². The van der Waals surface area contributed by atoms with Gasteiger partial charge in [-0.1, -0.05) is 17.3 Å².